The Bertz CT molecular complexity index is 1160. The molecule has 8 heteroatoms. The highest BCUT2D eigenvalue weighted by atomic mass is 35.5. The van der Waals surface area contributed by atoms with Gasteiger partial charge in [0, 0.05) is 35.1 Å². The fraction of sp³-hybridized carbons (Fsp3) is 0.292. The van der Waals surface area contributed by atoms with Gasteiger partial charge >= 0.3 is 0 Å². The van der Waals surface area contributed by atoms with Gasteiger partial charge in [-0.15, -0.1) is 11.3 Å². The molecule has 0 radical (unpaired) electrons. The molecule has 32 heavy (non-hydrogen) atoms. The number of rotatable bonds is 7. The second-order valence-corrected chi connectivity index (χ2v) is 9.51. The molecule has 3 aromatic rings. The summed E-state index contributed by atoms with van der Waals surface area (Å²) < 4.78 is 5.61. The Labute approximate surface area is 196 Å². The molecular weight excluding hydrogens is 446 g/mol. The molecule has 0 unspecified atom stereocenters. The molecule has 2 aromatic carbocycles. The number of hydrogen-bond donors (Lipinski definition) is 1. The number of benzene rings is 2. The third-order valence-corrected chi connectivity index (χ3v) is 6.56. The van der Waals surface area contributed by atoms with Crippen molar-refractivity contribution in [3.8, 4) is 17.0 Å². The highest BCUT2D eigenvalue weighted by Gasteiger charge is 2.42. The van der Waals surface area contributed by atoms with Crippen LogP contribution in [-0.2, 0) is 15.0 Å². The Hall–Kier alpha value is -2.90. The lowest BCUT2D eigenvalue weighted by atomic mass is 9.85. The Morgan fingerprint density at radius 3 is 2.72 bits per heavy atom. The number of ether oxygens (including phenoxy) is 1. The van der Waals surface area contributed by atoms with Gasteiger partial charge in [-0.05, 0) is 62.2 Å². The molecule has 1 N–H and O–H groups in total. The average molecular weight is 470 g/mol. The van der Waals surface area contributed by atoms with Crippen LogP contribution in [0.1, 0.15) is 32.3 Å². The fourth-order valence-corrected chi connectivity index (χ4v) is 4.59. The van der Waals surface area contributed by atoms with E-state index < -0.39 is 5.41 Å². The zero-order valence-electron chi connectivity index (χ0n) is 18.1. The molecule has 6 nitrogen and oxygen atoms in total. The third kappa shape index (κ3) is 4.49. The van der Waals surface area contributed by atoms with Gasteiger partial charge in [0.05, 0.1) is 17.7 Å². The molecule has 0 saturated heterocycles. The maximum absolute atomic E-state index is 12.5. The largest absolute Gasteiger partial charge is 0.494 e. The van der Waals surface area contributed by atoms with Crippen LogP contribution in [0.2, 0.25) is 5.02 Å². The first-order valence-corrected chi connectivity index (χ1v) is 11.6. The van der Waals surface area contributed by atoms with Gasteiger partial charge in [-0.25, -0.2) is 4.98 Å². The van der Waals surface area contributed by atoms with Gasteiger partial charge in [-0.1, -0.05) is 17.7 Å². The standard InChI is InChI=1S/C24H24ClN3O3S/c1-24(2)18-13-15(6-11-20(18)28(3)22(24)30)19-14-32-23(26-19)27-21(29)5-4-12-31-17-9-7-16(25)8-10-17/h6-11,13-14H,4-5,12H2,1-3H3,(H,26,27,29). The average Bonchev–Trinajstić information content (AvgIpc) is 3.30. The number of carbonyl (C=O) groups excluding carboxylic acids is 2. The summed E-state index contributed by atoms with van der Waals surface area (Å²) in [5.41, 5.74) is 3.04. The summed E-state index contributed by atoms with van der Waals surface area (Å²) in [5, 5.41) is 5.97. The number of anilines is 2. The number of hydrogen-bond acceptors (Lipinski definition) is 5. The van der Waals surface area contributed by atoms with Crippen LogP contribution in [0.4, 0.5) is 10.8 Å². The Kier molecular flexibility index (Phi) is 6.22. The molecule has 0 aliphatic carbocycles. The van der Waals surface area contributed by atoms with E-state index in [0.29, 0.717) is 29.6 Å². The van der Waals surface area contributed by atoms with Crippen molar-refractivity contribution in [3.63, 3.8) is 0 Å². The van der Waals surface area contributed by atoms with Crippen LogP contribution in [0.3, 0.4) is 0 Å². The van der Waals surface area contributed by atoms with Crippen molar-refractivity contribution in [3.05, 3.63) is 58.4 Å². The van der Waals surface area contributed by atoms with Crippen molar-refractivity contribution >= 4 is 45.6 Å². The van der Waals surface area contributed by atoms with Crippen molar-refractivity contribution in [2.75, 3.05) is 23.9 Å². The van der Waals surface area contributed by atoms with E-state index >= 15 is 0 Å². The van der Waals surface area contributed by atoms with Crippen molar-refractivity contribution in [2.24, 2.45) is 0 Å². The summed E-state index contributed by atoms with van der Waals surface area (Å²) >= 11 is 7.23. The quantitative estimate of drug-likeness (QED) is 0.463. The Morgan fingerprint density at radius 2 is 1.97 bits per heavy atom. The molecule has 0 atom stereocenters. The number of nitrogens with one attached hydrogen (secondary N) is 1. The third-order valence-electron chi connectivity index (χ3n) is 5.55. The fourth-order valence-electron chi connectivity index (χ4n) is 3.73. The van der Waals surface area contributed by atoms with Crippen molar-refractivity contribution in [1.29, 1.82) is 0 Å². The maximum atomic E-state index is 12.5. The van der Waals surface area contributed by atoms with Crippen LogP contribution >= 0.6 is 22.9 Å². The molecular formula is C24H24ClN3O3S. The molecule has 2 amide bonds. The monoisotopic (exact) mass is 469 g/mol. The van der Waals surface area contributed by atoms with Gasteiger partial charge in [-0.2, -0.15) is 0 Å². The number of aromatic nitrogens is 1. The molecule has 4 rings (SSSR count). The highest BCUT2D eigenvalue weighted by molar-refractivity contribution is 7.14. The van der Waals surface area contributed by atoms with E-state index in [1.165, 1.54) is 11.3 Å². The van der Waals surface area contributed by atoms with Crippen molar-refractivity contribution < 1.29 is 14.3 Å². The zero-order chi connectivity index (χ0) is 22.9. The van der Waals surface area contributed by atoms with E-state index in [1.807, 2.05) is 37.4 Å². The van der Waals surface area contributed by atoms with Crippen LogP contribution < -0.4 is 15.0 Å². The second kappa shape index (κ2) is 8.92. The molecule has 1 aromatic heterocycles. The predicted octanol–water partition coefficient (Wildman–Crippen LogP) is 5.52. The summed E-state index contributed by atoms with van der Waals surface area (Å²) in [7, 11) is 1.80. The minimum absolute atomic E-state index is 0.0796. The normalized spacial score (nSPS) is 14.4. The predicted molar refractivity (Wildman–Crippen MR) is 129 cm³/mol. The summed E-state index contributed by atoms with van der Waals surface area (Å²) in [6.45, 7) is 4.31. The van der Waals surface area contributed by atoms with E-state index in [0.717, 1.165) is 28.3 Å². The molecule has 0 saturated carbocycles. The van der Waals surface area contributed by atoms with Crippen LogP contribution in [0, 0.1) is 0 Å². The Balaban J connectivity index is 1.33. The van der Waals surface area contributed by atoms with Crippen LogP contribution in [0.5, 0.6) is 5.75 Å². The van der Waals surface area contributed by atoms with E-state index in [4.69, 9.17) is 16.3 Å². The smallest absolute Gasteiger partial charge is 0.236 e. The maximum Gasteiger partial charge on any atom is 0.236 e. The number of likely N-dealkylation sites (N-methyl/N-ethyl adjacent to an activating group) is 1. The van der Waals surface area contributed by atoms with E-state index in [9.17, 15) is 9.59 Å². The van der Waals surface area contributed by atoms with Gasteiger partial charge in [-0.3, -0.25) is 9.59 Å². The topological polar surface area (TPSA) is 71.5 Å². The number of carbonyl (C=O) groups is 2. The first-order valence-electron chi connectivity index (χ1n) is 10.3. The van der Waals surface area contributed by atoms with Crippen LogP contribution in [-0.4, -0.2) is 30.5 Å². The second-order valence-electron chi connectivity index (χ2n) is 8.21. The van der Waals surface area contributed by atoms with E-state index in [-0.39, 0.29) is 11.8 Å². The minimum Gasteiger partial charge on any atom is -0.494 e. The summed E-state index contributed by atoms with van der Waals surface area (Å²) in [6.07, 6.45) is 0.929. The SMILES string of the molecule is CN1C(=O)C(C)(C)c2cc(-c3csc(NC(=O)CCCOc4ccc(Cl)cc4)n3)ccc21. The molecule has 2 heterocycles. The lowest BCUT2D eigenvalue weighted by Crippen LogP contribution is -2.33. The van der Waals surface area contributed by atoms with Crippen molar-refractivity contribution in [1.82, 2.24) is 4.98 Å². The van der Waals surface area contributed by atoms with E-state index in [2.05, 4.69) is 10.3 Å². The van der Waals surface area contributed by atoms with Gasteiger partial charge < -0.3 is 15.0 Å². The van der Waals surface area contributed by atoms with Crippen LogP contribution in [0.15, 0.2) is 47.8 Å². The lowest BCUT2D eigenvalue weighted by Gasteiger charge is -2.16. The summed E-state index contributed by atoms with van der Waals surface area (Å²) in [5.74, 6) is 0.702. The van der Waals surface area contributed by atoms with E-state index in [1.54, 1.807) is 36.2 Å². The minimum atomic E-state index is -0.568. The molecule has 0 spiro atoms. The van der Waals surface area contributed by atoms with Crippen molar-refractivity contribution in [2.45, 2.75) is 32.1 Å². The zero-order valence-corrected chi connectivity index (χ0v) is 19.7. The van der Waals surface area contributed by atoms with Gasteiger partial charge in [0.25, 0.3) is 0 Å². The first kappa shape index (κ1) is 22.3. The van der Waals surface area contributed by atoms with Gasteiger partial charge in [0.2, 0.25) is 11.8 Å². The summed E-state index contributed by atoms with van der Waals surface area (Å²) in [4.78, 5) is 31.0. The lowest BCUT2D eigenvalue weighted by molar-refractivity contribution is -0.121. The number of halogens is 1. The number of nitrogens with zero attached hydrogens (tertiary/aromatic N) is 2. The van der Waals surface area contributed by atoms with Crippen LogP contribution in [0.25, 0.3) is 11.3 Å². The number of fused-ring (bicyclic) bond motifs is 1. The van der Waals surface area contributed by atoms with Gasteiger partial charge in [0.15, 0.2) is 5.13 Å². The van der Waals surface area contributed by atoms with Gasteiger partial charge in [0.1, 0.15) is 5.75 Å². The molecule has 1 aliphatic heterocycles. The number of thiazole rings is 1. The molecule has 1 aliphatic rings. The number of amides is 2. The molecule has 166 valence electrons. The Morgan fingerprint density at radius 1 is 1.22 bits per heavy atom. The highest BCUT2D eigenvalue weighted by Crippen LogP contribution is 2.42. The molecule has 0 fully saturated rings. The summed E-state index contributed by atoms with van der Waals surface area (Å²) in [6, 6.07) is 13.1. The first-order chi connectivity index (χ1) is 15.3. The molecule has 0 bridgehead atoms.